The van der Waals surface area contributed by atoms with Crippen molar-refractivity contribution in [1.82, 2.24) is 14.8 Å². The van der Waals surface area contributed by atoms with E-state index in [0.717, 1.165) is 6.42 Å². The lowest BCUT2D eigenvalue weighted by Crippen LogP contribution is -2.20. The van der Waals surface area contributed by atoms with Crippen LogP contribution < -0.4 is 10.7 Å². The Kier molecular flexibility index (Phi) is 3.97. The highest BCUT2D eigenvalue weighted by Crippen LogP contribution is 2.17. The molecule has 0 bridgehead atoms. The first kappa shape index (κ1) is 15.0. The van der Waals surface area contributed by atoms with Crippen LogP contribution in [0.1, 0.15) is 36.8 Å². The zero-order valence-electron chi connectivity index (χ0n) is 13.0. The van der Waals surface area contributed by atoms with Crippen molar-refractivity contribution >= 4 is 22.6 Å². The fourth-order valence-electron chi connectivity index (χ4n) is 2.44. The van der Waals surface area contributed by atoms with Crippen molar-refractivity contribution in [2.45, 2.75) is 26.3 Å². The molecule has 1 amide bonds. The summed E-state index contributed by atoms with van der Waals surface area (Å²) in [7, 11) is 0. The van der Waals surface area contributed by atoms with E-state index in [1.807, 2.05) is 13.0 Å². The van der Waals surface area contributed by atoms with E-state index in [1.165, 1.54) is 6.07 Å². The van der Waals surface area contributed by atoms with Crippen molar-refractivity contribution in [1.29, 1.82) is 0 Å². The number of hydrogen-bond acceptors (Lipinski definition) is 3. The van der Waals surface area contributed by atoms with Crippen molar-refractivity contribution in [3.8, 4) is 0 Å². The minimum absolute atomic E-state index is 0.177. The van der Waals surface area contributed by atoms with Crippen molar-refractivity contribution in [3.63, 3.8) is 0 Å². The largest absolute Gasteiger partial charge is 0.350 e. The molecule has 3 rings (SSSR count). The van der Waals surface area contributed by atoms with E-state index < -0.39 is 0 Å². The Morgan fingerprint density at radius 3 is 2.91 bits per heavy atom. The first-order valence-corrected chi connectivity index (χ1v) is 7.57. The van der Waals surface area contributed by atoms with E-state index in [-0.39, 0.29) is 23.1 Å². The maximum atomic E-state index is 12.4. The average Bonchev–Trinajstić information content (AvgIpc) is 3.02. The number of nitrogens with one attached hydrogen (secondary N) is 2. The number of aromatic amines is 1. The summed E-state index contributed by atoms with van der Waals surface area (Å²) in [6.45, 7) is 4.08. The molecule has 6 nitrogen and oxygen atoms in total. The number of fused-ring (bicyclic) bond motifs is 1. The molecule has 1 atom stereocenters. The molecule has 0 aliphatic rings. The Morgan fingerprint density at radius 2 is 2.13 bits per heavy atom. The molecule has 2 N–H and O–H groups in total. The van der Waals surface area contributed by atoms with Crippen LogP contribution in [0.5, 0.6) is 0 Å². The SMILES string of the molecule is CCC(C)n1nccc1NC(=O)c1cc(=O)c2ccccc2[nH]1. The molecule has 0 fully saturated rings. The van der Waals surface area contributed by atoms with Gasteiger partial charge >= 0.3 is 0 Å². The van der Waals surface area contributed by atoms with Gasteiger partial charge in [0, 0.05) is 23.0 Å². The third kappa shape index (κ3) is 2.88. The van der Waals surface area contributed by atoms with Gasteiger partial charge in [0.25, 0.3) is 5.91 Å². The van der Waals surface area contributed by atoms with Crippen LogP contribution in [-0.4, -0.2) is 20.7 Å². The van der Waals surface area contributed by atoms with E-state index >= 15 is 0 Å². The topological polar surface area (TPSA) is 79.8 Å². The number of amides is 1. The molecule has 0 spiro atoms. The smallest absolute Gasteiger partial charge is 0.273 e. The predicted molar refractivity (Wildman–Crippen MR) is 89.8 cm³/mol. The lowest BCUT2D eigenvalue weighted by Gasteiger charge is -2.14. The third-order valence-corrected chi connectivity index (χ3v) is 3.90. The maximum absolute atomic E-state index is 12.4. The molecule has 2 aromatic heterocycles. The number of nitrogens with zero attached hydrogens (tertiary/aromatic N) is 2. The van der Waals surface area contributed by atoms with Crippen molar-refractivity contribution in [2.75, 3.05) is 5.32 Å². The quantitative estimate of drug-likeness (QED) is 0.777. The summed E-state index contributed by atoms with van der Waals surface area (Å²) in [6.07, 6.45) is 2.54. The third-order valence-electron chi connectivity index (χ3n) is 3.90. The molecule has 118 valence electrons. The van der Waals surface area contributed by atoms with Crippen molar-refractivity contribution in [2.24, 2.45) is 0 Å². The number of para-hydroxylation sites is 1. The van der Waals surface area contributed by atoms with E-state index in [9.17, 15) is 9.59 Å². The number of H-pyrrole nitrogens is 1. The zero-order valence-corrected chi connectivity index (χ0v) is 13.0. The summed E-state index contributed by atoms with van der Waals surface area (Å²) in [4.78, 5) is 27.6. The molecule has 6 heteroatoms. The van der Waals surface area contributed by atoms with Crippen LogP contribution in [0.3, 0.4) is 0 Å². The van der Waals surface area contributed by atoms with E-state index in [4.69, 9.17) is 0 Å². The highest BCUT2D eigenvalue weighted by molar-refractivity contribution is 6.03. The number of pyridine rings is 1. The van der Waals surface area contributed by atoms with Gasteiger partial charge in [0.1, 0.15) is 11.5 Å². The molecule has 0 aliphatic heterocycles. The number of hydrogen-bond donors (Lipinski definition) is 2. The molecule has 0 saturated carbocycles. The van der Waals surface area contributed by atoms with Gasteiger partial charge in [-0.25, -0.2) is 4.68 Å². The Balaban J connectivity index is 1.93. The highest BCUT2D eigenvalue weighted by atomic mass is 16.2. The highest BCUT2D eigenvalue weighted by Gasteiger charge is 2.14. The Morgan fingerprint density at radius 1 is 1.35 bits per heavy atom. The Bertz CT molecular complexity index is 910. The van der Waals surface area contributed by atoms with Crippen molar-refractivity contribution < 1.29 is 4.79 Å². The number of carbonyl (C=O) groups is 1. The van der Waals surface area contributed by atoms with Crippen LogP contribution in [0.15, 0.2) is 47.4 Å². The van der Waals surface area contributed by atoms with Gasteiger partial charge in [0.15, 0.2) is 5.43 Å². The second-order valence-electron chi connectivity index (χ2n) is 5.47. The zero-order chi connectivity index (χ0) is 16.4. The van der Waals surface area contributed by atoms with Gasteiger partial charge < -0.3 is 10.3 Å². The van der Waals surface area contributed by atoms with Crippen LogP contribution >= 0.6 is 0 Å². The summed E-state index contributed by atoms with van der Waals surface area (Å²) < 4.78 is 1.76. The van der Waals surface area contributed by atoms with Gasteiger partial charge in [-0.15, -0.1) is 0 Å². The fourth-order valence-corrected chi connectivity index (χ4v) is 2.44. The van der Waals surface area contributed by atoms with Gasteiger partial charge in [0.2, 0.25) is 0 Å². The van der Waals surface area contributed by atoms with Crippen molar-refractivity contribution in [3.05, 3.63) is 58.5 Å². The second kappa shape index (κ2) is 6.08. The molecule has 1 aromatic carbocycles. The average molecular weight is 310 g/mol. The second-order valence-corrected chi connectivity index (χ2v) is 5.47. The van der Waals surface area contributed by atoms with Gasteiger partial charge in [-0.1, -0.05) is 19.1 Å². The summed E-state index contributed by atoms with van der Waals surface area (Å²) in [5.74, 6) is 0.247. The number of rotatable bonds is 4. The minimum atomic E-state index is -0.363. The molecule has 0 radical (unpaired) electrons. The van der Waals surface area contributed by atoms with Gasteiger partial charge in [0.05, 0.1) is 12.2 Å². The first-order valence-electron chi connectivity index (χ1n) is 7.57. The van der Waals surface area contributed by atoms with Gasteiger partial charge in [-0.2, -0.15) is 5.10 Å². The molecule has 1 unspecified atom stereocenters. The maximum Gasteiger partial charge on any atom is 0.273 e. The lowest BCUT2D eigenvalue weighted by atomic mass is 10.2. The van der Waals surface area contributed by atoms with Crippen LogP contribution in [0.2, 0.25) is 0 Å². The first-order chi connectivity index (χ1) is 11.1. The van der Waals surface area contributed by atoms with Crippen LogP contribution in [0, 0.1) is 0 Å². The molecule has 2 heterocycles. The van der Waals surface area contributed by atoms with Crippen LogP contribution in [-0.2, 0) is 0 Å². The fraction of sp³-hybridized carbons (Fsp3) is 0.235. The lowest BCUT2D eigenvalue weighted by molar-refractivity contribution is 0.102. The molecule has 0 aliphatic carbocycles. The van der Waals surface area contributed by atoms with Gasteiger partial charge in [-0.05, 0) is 25.5 Å². The summed E-state index contributed by atoms with van der Waals surface area (Å²) in [5, 5.41) is 7.60. The standard InChI is InChI=1S/C17H18N4O2/c1-3-11(2)21-16(8-9-18-21)20-17(23)14-10-15(22)12-6-4-5-7-13(12)19-14/h4-11H,3H2,1-2H3,(H,19,22)(H,20,23). The normalized spacial score (nSPS) is 12.3. The van der Waals surface area contributed by atoms with Crippen LogP contribution in [0.4, 0.5) is 5.82 Å². The molecular weight excluding hydrogens is 292 g/mol. The molecule has 3 aromatic rings. The number of benzene rings is 1. The Labute approximate surface area is 133 Å². The van der Waals surface area contributed by atoms with E-state index in [0.29, 0.717) is 16.7 Å². The van der Waals surface area contributed by atoms with E-state index in [1.54, 1.807) is 35.1 Å². The number of anilines is 1. The van der Waals surface area contributed by atoms with Gasteiger partial charge in [-0.3, -0.25) is 9.59 Å². The molecule has 23 heavy (non-hydrogen) atoms. The molecular formula is C17H18N4O2. The Hall–Kier alpha value is -2.89. The number of aromatic nitrogens is 3. The molecule has 0 saturated heterocycles. The van der Waals surface area contributed by atoms with Crippen LogP contribution in [0.25, 0.3) is 10.9 Å². The summed E-state index contributed by atoms with van der Waals surface area (Å²) in [5.41, 5.74) is 0.686. The number of carbonyl (C=O) groups excluding carboxylic acids is 1. The minimum Gasteiger partial charge on any atom is -0.350 e. The monoisotopic (exact) mass is 310 g/mol. The summed E-state index contributed by atoms with van der Waals surface area (Å²) >= 11 is 0. The predicted octanol–water partition coefficient (Wildman–Crippen LogP) is 2.95. The van der Waals surface area contributed by atoms with E-state index in [2.05, 4.69) is 22.3 Å². The summed E-state index contributed by atoms with van der Waals surface area (Å²) in [6, 6.07) is 10.4.